The number of ether oxygens (including phenoxy) is 1. The van der Waals surface area contributed by atoms with Gasteiger partial charge < -0.3 is 18.7 Å². The lowest BCUT2D eigenvalue weighted by atomic mass is 9.84. The third kappa shape index (κ3) is 7.80. The Labute approximate surface area is 228 Å². The van der Waals surface area contributed by atoms with Crippen LogP contribution in [0.3, 0.4) is 0 Å². The van der Waals surface area contributed by atoms with Gasteiger partial charge >= 0.3 is 12.1 Å². The second-order valence-electron chi connectivity index (χ2n) is 9.78. The second kappa shape index (κ2) is 12.5. The molecule has 1 N–H and O–H groups in total. The number of carboxylic acids is 1. The molecule has 1 aliphatic heterocycles. The quantitative estimate of drug-likeness (QED) is 0.414. The minimum Gasteiger partial charge on any atom is -0.475 e. The van der Waals surface area contributed by atoms with E-state index < -0.39 is 12.1 Å². The summed E-state index contributed by atoms with van der Waals surface area (Å²) in [6.45, 7) is 5.16. The van der Waals surface area contributed by atoms with Gasteiger partial charge in [0.05, 0.1) is 12.8 Å². The first kappa shape index (κ1) is 29.0. The SMILES string of the molecule is Cc1cnc(C2CCC(N3C[C@H](c4nnc(C)o4)OC[C@@H]3Cc3ccc(Cl)cc3)CC2)o1.O=C(O)C(F)(F)F. The fraction of sp³-hybridized carbons (Fsp3) is 0.538. The zero-order valence-corrected chi connectivity index (χ0v) is 22.3. The Hall–Kier alpha value is -2.96. The summed E-state index contributed by atoms with van der Waals surface area (Å²) in [5, 5.41) is 16.1. The van der Waals surface area contributed by atoms with Gasteiger partial charge in [0.2, 0.25) is 11.8 Å². The smallest absolute Gasteiger partial charge is 0.475 e. The van der Waals surface area contributed by atoms with Crippen molar-refractivity contribution < 1.29 is 36.6 Å². The summed E-state index contributed by atoms with van der Waals surface area (Å²) in [5.74, 6) is 0.565. The zero-order chi connectivity index (χ0) is 28.2. The molecule has 0 unspecified atom stereocenters. The molecule has 5 rings (SSSR count). The van der Waals surface area contributed by atoms with Crippen molar-refractivity contribution >= 4 is 17.6 Å². The van der Waals surface area contributed by atoms with Crippen LogP contribution in [-0.4, -0.2) is 62.6 Å². The molecule has 1 aliphatic carbocycles. The molecule has 2 aliphatic rings. The van der Waals surface area contributed by atoms with E-state index in [0.29, 0.717) is 36.4 Å². The molecule has 0 spiro atoms. The number of aliphatic carboxylic acids is 1. The highest BCUT2D eigenvalue weighted by Crippen LogP contribution is 2.37. The van der Waals surface area contributed by atoms with Crippen LogP contribution in [0.25, 0.3) is 0 Å². The highest BCUT2D eigenvalue weighted by atomic mass is 35.5. The number of aryl methyl sites for hydroxylation is 2. The van der Waals surface area contributed by atoms with Gasteiger partial charge in [-0.15, -0.1) is 10.2 Å². The van der Waals surface area contributed by atoms with Gasteiger partial charge in [-0.2, -0.15) is 13.2 Å². The molecule has 0 radical (unpaired) electrons. The van der Waals surface area contributed by atoms with Crippen LogP contribution in [0, 0.1) is 13.8 Å². The number of nitrogens with zero attached hydrogens (tertiary/aromatic N) is 4. The molecule has 1 saturated carbocycles. The standard InChI is InChI=1S/C24H29ClN4O3.C2HF3O2/c1-15-12-26-23(31-15)18-5-9-20(10-6-18)29-13-22(24-28-27-16(2)32-24)30-14-21(29)11-17-3-7-19(25)8-4-17;3-2(4,5)1(6)7/h3-4,7-8,12,18,20-22H,5-6,9-11,13-14H2,1-2H3;(H,6,7)/t18?,20?,21-,22+;/m0./s1. The van der Waals surface area contributed by atoms with Crippen LogP contribution in [0.2, 0.25) is 5.02 Å². The normalized spacial score (nSPS) is 24.2. The van der Waals surface area contributed by atoms with Crippen molar-refractivity contribution in [1.82, 2.24) is 20.1 Å². The maximum absolute atomic E-state index is 10.6. The van der Waals surface area contributed by atoms with Gasteiger partial charge in [0.15, 0.2) is 5.89 Å². The molecule has 0 bridgehead atoms. The summed E-state index contributed by atoms with van der Waals surface area (Å²) in [6, 6.07) is 8.90. The Bertz CT molecular complexity index is 1220. The van der Waals surface area contributed by atoms with Crippen molar-refractivity contribution in [1.29, 1.82) is 0 Å². The fourth-order valence-corrected chi connectivity index (χ4v) is 5.16. The second-order valence-corrected chi connectivity index (χ2v) is 10.2. The number of hydrogen-bond donors (Lipinski definition) is 1. The summed E-state index contributed by atoms with van der Waals surface area (Å²) < 4.78 is 49.4. The van der Waals surface area contributed by atoms with E-state index in [9.17, 15) is 13.2 Å². The minimum atomic E-state index is -5.08. The van der Waals surface area contributed by atoms with Gasteiger partial charge in [-0.1, -0.05) is 23.7 Å². The largest absolute Gasteiger partial charge is 0.490 e. The summed E-state index contributed by atoms with van der Waals surface area (Å²) in [7, 11) is 0. The van der Waals surface area contributed by atoms with E-state index in [0.717, 1.165) is 55.3 Å². The maximum Gasteiger partial charge on any atom is 0.490 e. The van der Waals surface area contributed by atoms with E-state index in [1.165, 1.54) is 5.56 Å². The Morgan fingerprint density at radius 2 is 1.74 bits per heavy atom. The minimum absolute atomic E-state index is 0.190. The summed E-state index contributed by atoms with van der Waals surface area (Å²) in [4.78, 5) is 16.0. The summed E-state index contributed by atoms with van der Waals surface area (Å²) in [5.41, 5.74) is 1.27. The number of carbonyl (C=O) groups is 1. The maximum atomic E-state index is 10.6. The van der Waals surface area contributed by atoms with E-state index in [1.54, 1.807) is 0 Å². The number of oxazole rings is 1. The number of halogens is 4. The molecule has 2 aromatic heterocycles. The number of carboxylic acid groups (broad SMARTS) is 1. The predicted octanol–water partition coefficient (Wildman–Crippen LogP) is 5.67. The lowest BCUT2D eigenvalue weighted by Gasteiger charge is -2.45. The summed E-state index contributed by atoms with van der Waals surface area (Å²) >= 11 is 6.09. The fourth-order valence-electron chi connectivity index (χ4n) is 5.04. The molecular formula is C26H30ClF3N4O5. The van der Waals surface area contributed by atoms with Gasteiger partial charge in [-0.25, -0.2) is 9.78 Å². The number of rotatable bonds is 5. The van der Waals surface area contributed by atoms with Crippen LogP contribution < -0.4 is 0 Å². The molecule has 13 heteroatoms. The number of morpholine rings is 1. The lowest BCUT2D eigenvalue weighted by molar-refractivity contribution is -0.192. The summed E-state index contributed by atoms with van der Waals surface area (Å²) in [6.07, 6.45) is 1.86. The van der Waals surface area contributed by atoms with Gasteiger partial charge in [-0.3, -0.25) is 4.90 Å². The van der Waals surface area contributed by atoms with Crippen LogP contribution >= 0.6 is 11.6 Å². The number of hydrogen-bond acceptors (Lipinski definition) is 8. The lowest BCUT2D eigenvalue weighted by Crippen LogP contribution is -2.53. The molecule has 2 atom stereocenters. The van der Waals surface area contributed by atoms with E-state index in [1.807, 2.05) is 32.2 Å². The van der Waals surface area contributed by atoms with E-state index >= 15 is 0 Å². The third-order valence-electron chi connectivity index (χ3n) is 6.93. The van der Waals surface area contributed by atoms with E-state index in [2.05, 4.69) is 32.2 Å². The average Bonchev–Trinajstić information content (AvgIpc) is 3.54. The number of alkyl halides is 3. The molecule has 3 aromatic rings. The highest BCUT2D eigenvalue weighted by molar-refractivity contribution is 6.30. The van der Waals surface area contributed by atoms with E-state index in [4.69, 9.17) is 35.1 Å². The van der Waals surface area contributed by atoms with Gasteiger partial charge in [-0.05, 0) is 56.7 Å². The zero-order valence-electron chi connectivity index (χ0n) is 21.5. The van der Waals surface area contributed by atoms with E-state index in [-0.39, 0.29) is 6.10 Å². The van der Waals surface area contributed by atoms with Crippen LogP contribution in [0.1, 0.15) is 66.7 Å². The molecule has 39 heavy (non-hydrogen) atoms. The Balaban J connectivity index is 0.000000448. The molecule has 212 valence electrons. The van der Waals surface area contributed by atoms with Crippen molar-refractivity contribution in [2.24, 2.45) is 0 Å². The van der Waals surface area contributed by atoms with Gasteiger partial charge in [0.25, 0.3) is 0 Å². The number of aromatic nitrogens is 3. The first-order valence-corrected chi connectivity index (χ1v) is 13.0. The molecule has 2 fully saturated rings. The highest BCUT2D eigenvalue weighted by Gasteiger charge is 2.39. The monoisotopic (exact) mass is 570 g/mol. The Morgan fingerprint density at radius 1 is 1.08 bits per heavy atom. The molecule has 9 nitrogen and oxygen atoms in total. The third-order valence-corrected chi connectivity index (χ3v) is 7.19. The van der Waals surface area contributed by atoms with Crippen LogP contribution in [0.4, 0.5) is 13.2 Å². The van der Waals surface area contributed by atoms with Crippen molar-refractivity contribution in [3.05, 3.63) is 64.5 Å². The molecule has 0 amide bonds. The van der Waals surface area contributed by atoms with Crippen LogP contribution in [-0.2, 0) is 16.0 Å². The van der Waals surface area contributed by atoms with Gasteiger partial charge in [0, 0.05) is 36.5 Å². The van der Waals surface area contributed by atoms with Crippen LogP contribution in [0.15, 0.2) is 39.3 Å². The topological polar surface area (TPSA) is 115 Å². The van der Waals surface area contributed by atoms with Gasteiger partial charge in [0.1, 0.15) is 11.9 Å². The van der Waals surface area contributed by atoms with Crippen molar-refractivity contribution in [3.63, 3.8) is 0 Å². The number of benzene rings is 1. The van der Waals surface area contributed by atoms with Crippen molar-refractivity contribution in [3.8, 4) is 0 Å². The van der Waals surface area contributed by atoms with Crippen molar-refractivity contribution in [2.45, 2.75) is 76.2 Å². The molecular weight excluding hydrogens is 541 g/mol. The predicted molar refractivity (Wildman–Crippen MR) is 133 cm³/mol. The van der Waals surface area contributed by atoms with Crippen LogP contribution in [0.5, 0.6) is 0 Å². The Morgan fingerprint density at radius 3 is 2.28 bits per heavy atom. The first-order valence-electron chi connectivity index (χ1n) is 12.6. The molecule has 1 saturated heterocycles. The molecule has 3 heterocycles. The first-order chi connectivity index (χ1) is 18.5. The molecule has 1 aromatic carbocycles. The average molecular weight is 571 g/mol. The Kier molecular flexibility index (Phi) is 9.29. The van der Waals surface area contributed by atoms with Crippen molar-refractivity contribution in [2.75, 3.05) is 13.2 Å².